The van der Waals surface area contributed by atoms with Crippen LogP contribution in [-0.4, -0.2) is 58.0 Å². The molecule has 3 amide bonds. The van der Waals surface area contributed by atoms with Crippen LogP contribution in [0.4, 0.5) is 20.9 Å². The number of aromatic nitrogens is 3. The maximum Gasteiger partial charge on any atom is 0.323 e. The summed E-state index contributed by atoms with van der Waals surface area (Å²) >= 11 is 2.74. The highest BCUT2D eigenvalue weighted by molar-refractivity contribution is 7.22. The van der Waals surface area contributed by atoms with Gasteiger partial charge in [0.15, 0.2) is 10.3 Å². The van der Waals surface area contributed by atoms with Gasteiger partial charge in [0.05, 0.1) is 22.3 Å². The van der Waals surface area contributed by atoms with Crippen molar-refractivity contribution >= 4 is 60.9 Å². The van der Waals surface area contributed by atoms with Gasteiger partial charge in [-0.25, -0.2) is 19.7 Å². The first kappa shape index (κ1) is 21.3. The number of fused-ring (bicyclic) bond motifs is 1. The summed E-state index contributed by atoms with van der Waals surface area (Å²) < 4.78 is 1.02. The van der Waals surface area contributed by atoms with Gasteiger partial charge in [-0.15, -0.1) is 11.3 Å². The van der Waals surface area contributed by atoms with Crippen molar-refractivity contribution in [1.82, 2.24) is 19.9 Å². The fourth-order valence-corrected chi connectivity index (χ4v) is 5.13. The summed E-state index contributed by atoms with van der Waals surface area (Å²) in [6, 6.07) is 13.4. The number of amides is 3. The molecule has 2 N–H and O–H groups in total. The summed E-state index contributed by atoms with van der Waals surface area (Å²) in [6.07, 6.45) is 1.89. The number of nitrogens with one attached hydrogen (secondary N) is 2. The molecule has 11 heteroatoms. The number of benzene rings is 1. The fraction of sp³-hybridized carbons (Fsp3) is 0.227. The molecule has 0 spiro atoms. The van der Waals surface area contributed by atoms with Gasteiger partial charge in [-0.05, 0) is 24.3 Å². The second-order valence-corrected chi connectivity index (χ2v) is 9.34. The smallest absolute Gasteiger partial charge is 0.323 e. The standard InChI is InChI=1S/C22H21N7O2S2/c30-19(26-21-25-16-5-1-2-6-17(16)33-21)13-15-14-32-20(24-15)27-22(31)29-11-9-28(10-12-29)18-7-3-4-8-23-18/h1-8,14H,9-13H2,(H,24,27,31)(H,25,26,30). The first-order valence-electron chi connectivity index (χ1n) is 10.5. The van der Waals surface area contributed by atoms with E-state index >= 15 is 0 Å². The third kappa shape index (κ3) is 5.10. The molecule has 5 rings (SSSR count). The van der Waals surface area contributed by atoms with E-state index in [-0.39, 0.29) is 18.4 Å². The molecular weight excluding hydrogens is 458 g/mol. The predicted molar refractivity (Wildman–Crippen MR) is 131 cm³/mol. The molecule has 4 aromatic rings. The Hall–Kier alpha value is -3.57. The number of hydrogen-bond acceptors (Lipinski definition) is 8. The minimum Gasteiger partial charge on any atom is -0.353 e. The lowest BCUT2D eigenvalue weighted by molar-refractivity contribution is -0.115. The summed E-state index contributed by atoms with van der Waals surface area (Å²) in [7, 11) is 0. The Morgan fingerprint density at radius 1 is 0.939 bits per heavy atom. The highest BCUT2D eigenvalue weighted by Crippen LogP contribution is 2.25. The Bertz CT molecular complexity index is 1230. The van der Waals surface area contributed by atoms with Crippen molar-refractivity contribution in [2.45, 2.75) is 6.42 Å². The summed E-state index contributed by atoms with van der Waals surface area (Å²) in [6.45, 7) is 2.65. The van der Waals surface area contributed by atoms with Gasteiger partial charge in [0.2, 0.25) is 5.91 Å². The van der Waals surface area contributed by atoms with Crippen molar-refractivity contribution in [2.75, 3.05) is 41.7 Å². The zero-order valence-electron chi connectivity index (χ0n) is 17.6. The first-order chi connectivity index (χ1) is 16.1. The van der Waals surface area contributed by atoms with Crippen LogP contribution in [0.1, 0.15) is 5.69 Å². The van der Waals surface area contributed by atoms with Gasteiger partial charge >= 0.3 is 6.03 Å². The third-order valence-corrected chi connectivity index (χ3v) is 6.95. The molecule has 0 bridgehead atoms. The molecule has 0 radical (unpaired) electrons. The topological polar surface area (TPSA) is 103 Å². The van der Waals surface area contributed by atoms with Crippen LogP contribution in [-0.2, 0) is 11.2 Å². The van der Waals surface area contributed by atoms with Crippen molar-refractivity contribution in [3.05, 3.63) is 59.7 Å². The number of nitrogens with zero attached hydrogens (tertiary/aromatic N) is 5. The van der Waals surface area contributed by atoms with E-state index < -0.39 is 0 Å². The quantitative estimate of drug-likeness (QED) is 0.453. The summed E-state index contributed by atoms with van der Waals surface area (Å²) in [4.78, 5) is 42.1. The predicted octanol–water partition coefficient (Wildman–Crippen LogP) is 3.68. The van der Waals surface area contributed by atoms with E-state index in [1.807, 2.05) is 42.5 Å². The van der Waals surface area contributed by atoms with Crippen LogP contribution in [0.3, 0.4) is 0 Å². The first-order valence-corrected chi connectivity index (χ1v) is 12.2. The van der Waals surface area contributed by atoms with Crippen molar-refractivity contribution in [2.24, 2.45) is 0 Å². The molecule has 1 saturated heterocycles. The Morgan fingerprint density at radius 3 is 2.55 bits per heavy atom. The lowest BCUT2D eigenvalue weighted by atomic mass is 10.3. The Balaban J connectivity index is 1.11. The SMILES string of the molecule is O=C(Cc1csc(NC(=O)N2CCN(c3ccccn3)CC2)n1)Nc1nc2ccccc2s1. The molecule has 1 aliphatic rings. The molecule has 3 aromatic heterocycles. The molecule has 0 atom stereocenters. The number of carbonyl (C=O) groups excluding carboxylic acids is 2. The Labute approximate surface area is 198 Å². The monoisotopic (exact) mass is 479 g/mol. The molecule has 0 unspecified atom stereocenters. The molecular formula is C22H21N7O2S2. The number of pyridine rings is 1. The number of thiazole rings is 2. The molecule has 9 nitrogen and oxygen atoms in total. The van der Waals surface area contributed by atoms with E-state index in [9.17, 15) is 9.59 Å². The van der Waals surface area contributed by atoms with Gasteiger partial charge in [0, 0.05) is 37.8 Å². The van der Waals surface area contributed by atoms with E-state index in [0.29, 0.717) is 29.0 Å². The second kappa shape index (κ2) is 9.51. The minimum atomic E-state index is -0.192. The fourth-order valence-electron chi connectivity index (χ4n) is 3.55. The third-order valence-electron chi connectivity index (χ3n) is 5.19. The number of piperazine rings is 1. The molecule has 0 saturated carbocycles. The van der Waals surface area contributed by atoms with Crippen LogP contribution >= 0.6 is 22.7 Å². The average molecular weight is 480 g/mol. The van der Waals surface area contributed by atoms with Crippen molar-refractivity contribution in [3.63, 3.8) is 0 Å². The number of urea groups is 1. The second-order valence-electron chi connectivity index (χ2n) is 7.45. The molecule has 4 heterocycles. The van der Waals surface area contributed by atoms with Crippen LogP contribution in [0.2, 0.25) is 0 Å². The van der Waals surface area contributed by atoms with E-state index in [1.165, 1.54) is 22.7 Å². The summed E-state index contributed by atoms with van der Waals surface area (Å²) in [5, 5.41) is 8.50. The van der Waals surface area contributed by atoms with E-state index in [0.717, 1.165) is 29.1 Å². The molecule has 1 fully saturated rings. The normalized spacial score (nSPS) is 13.8. The zero-order valence-corrected chi connectivity index (χ0v) is 19.2. The summed E-state index contributed by atoms with van der Waals surface area (Å²) in [5.41, 5.74) is 1.46. The van der Waals surface area contributed by atoms with E-state index in [4.69, 9.17) is 0 Å². The lowest BCUT2D eigenvalue weighted by Crippen LogP contribution is -2.50. The van der Waals surface area contributed by atoms with E-state index in [1.54, 1.807) is 16.5 Å². The van der Waals surface area contributed by atoms with Crippen LogP contribution in [0, 0.1) is 0 Å². The Morgan fingerprint density at radius 2 is 1.76 bits per heavy atom. The summed E-state index contributed by atoms with van der Waals surface area (Å²) in [5.74, 6) is 0.731. The van der Waals surface area contributed by atoms with Crippen molar-refractivity contribution in [1.29, 1.82) is 0 Å². The van der Waals surface area contributed by atoms with Crippen LogP contribution in [0.5, 0.6) is 0 Å². The van der Waals surface area contributed by atoms with Gasteiger partial charge in [-0.1, -0.05) is 29.5 Å². The van der Waals surface area contributed by atoms with Gasteiger partial charge in [0.1, 0.15) is 5.82 Å². The van der Waals surface area contributed by atoms with E-state index in [2.05, 4.69) is 30.5 Å². The Kier molecular flexibility index (Phi) is 6.13. The highest BCUT2D eigenvalue weighted by Gasteiger charge is 2.22. The minimum absolute atomic E-state index is 0.116. The van der Waals surface area contributed by atoms with Gasteiger partial charge in [0.25, 0.3) is 0 Å². The molecule has 168 valence electrons. The molecule has 1 aliphatic heterocycles. The highest BCUT2D eigenvalue weighted by atomic mass is 32.1. The zero-order chi connectivity index (χ0) is 22.6. The largest absolute Gasteiger partial charge is 0.353 e. The molecule has 33 heavy (non-hydrogen) atoms. The molecule has 0 aliphatic carbocycles. The van der Waals surface area contributed by atoms with Crippen LogP contribution < -0.4 is 15.5 Å². The maximum atomic E-state index is 12.6. The van der Waals surface area contributed by atoms with Crippen LogP contribution in [0.15, 0.2) is 54.0 Å². The van der Waals surface area contributed by atoms with Crippen molar-refractivity contribution in [3.8, 4) is 0 Å². The number of hydrogen-bond donors (Lipinski definition) is 2. The van der Waals surface area contributed by atoms with Crippen molar-refractivity contribution < 1.29 is 9.59 Å². The van der Waals surface area contributed by atoms with Gasteiger partial charge in [-0.2, -0.15) is 0 Å². The number of rotatable bonds is 5. The number of anilines is 3. The van der Waals surface area contributed by atoms with Gasteiger partial charge < -0.3 is 15.1 Å². The average Bonchev–Trinajstić information content (AvgIpc) is 3.45. The maximum absolute atomic E-state index is 12.6. The lowest BCUT2D eigenvalue weighted by Gasteiger charge is -2.35. The number of para-hydroxylation sites is 1. The van der Waals surface area contributed by atoms with Gasteiger partial charge in [-0.3, -0.25) is 10.1 Å². The van der Waals surface area contributed by atoms with Crippen LogP contribution in [0.25, 0.3) is 10.2 Å². The molecule has 1 aromatic carbocycles. The number of carbonyl (C=O) groups is 2.